The molecule has 0 radical (unpaired) electrons. The minimum Gasteiger partial charge on any atom is -0.490 e. The molecular formula is C12H7F4N3O4. The van der Waals surface area contributed by atoms with Gasteiger partial charge in [0.25, 0.3) is 5.56 Å². The van der Waals surface area contributed by atoms with E-state index in [0.717, 1.165) is 13.2 Å². The van der Waals surface area contributed by atoms with Gasteiger partial charge in [-0.1, -0.05) is 0 Å². The molecule has 122 valence electrons. The number of aromatic nitrogens is 2. The molecular weight excluding hydrogens is 326 g/mol. The summed E-state index contributed by atoms with van der Waals surface area (Å²) >= 11 is 0. The van der Waals surface area contributed by atoms with E-state index in [1.54, 1.807) is 0 Å². The maximum atomic E-state index is 14.0. The van der Waals surface area contributed by atoms with Gasteiger partial charge in [-0.25, -0.2) is 9.37 Å². The van der Waals surface area contributed by atoms with Gasteiger partial charge in [0.1, 0.15) is 6.33 Å². The van der Waals surface area contributed by atoms with Crippen molar-refractivity contribution < 1.29 is 27.2 Å². The molecule has 0 saturated carbocycles. The predicted molar refractivity (Wildman–Crippen MR) is 68.0 cm³/mol. The van der Waals surface area contributed by atoms with Crippen molar-refractivity contribution in [3.05, 3.63) is 56.5 Å². The van der Waals surface area contributed by atoms with Crippen molar-refractivity contribution in [3.8, 4) is 11.4 Å². The summed E-state index contributed by atoms with van der Waals surface area (Å²) in [5, 5.41) is 10.8. The summed E-state index contributed by atoms with van der Waals surface area (Å²) in [4.78, 5) is 24.6. The third-order valence-corrected chi connectivity index (χ3v) is 2.80. The number of alkyl halides is 3. The van der Waals surface area contributed by atoms with Gasteiger partial charge in [-0.05, 0) is 0 Å². The van der Waals surface area contributed by atoms with Crippen molar-refractivity contribution in [2.75, 3.05) is 7.11 Å². The molecule has 7 nitrogen and oxygen atoms in total. The number of hydrogen-bond acceptors (Lipinski definition) is 5. The van der Waals surface area contributed by atoms with E-state index in [-0.39, 0.29) is 11.8 Å². The summed E-state index contributed by atoms with van der Waals surface area (Å²) < 4.78 is 56.5. The minimum absolute atomic E-state index is 0.188. The highest BCUT2D eigenvalue weighted by Crippen LogP contribution is 2.31. The Bertz CT molecular complexity index is 832. The smallest absolute Gasteiger partial charge is 0.433 e. The Morgan fingerprint density at radius 1 is 1.30 bits per heavy atom. The van der Waals surface area contributed by atoms with Gasteiger partial charge in [0, 0.05) is 12.1 Å². The van der Waals surface area contributed by atoms with Crippen LogP contribution in [0.5, 0.6) is 5.75 Å². The molecule has 0 saturated heterocycles. The van der Waals surface area contributed by atoms with Crippen LogP contribution >= 0.6 is 0 Å². The maximum Gasteiger partial charge on any atom is 0.433 e. The third kappa shape index (κ3) is 3.12. The van der Waals surface area contributed by atoms with Gasteiger partial charge in [-0.3, -0.25) is 19.5 Å². The SMILES string of the molecule is COc1cc(-n2cnc(C(F)(F)F)cc2=O)c(F)cc1[N+](=O)[O-]. The Morgan fingerprint density at radius 2 is 1.96 bits per heavy atom. The number of benzene rings is 1. The number of nitro groups is 1. The maximum absolute atomic E-state index is 14.0. The molecule has 0 bridgehead atoms. The fraction of sp³-hybridized carbons (Fsp3) is 0.167. The van der Waals surface area contributed by atoms with Crippen molar-refractivity contribution in [1.29, 1.82) is 0 Å². The first-order valence-corrected chi connectivity index (χ1v) is 5.83. The Labute approximate surface area is 124 Å². The largest absolute Gasteiger partial charge is 0.490 e. The van der Waals surface area contributed by atoms with Gasteiger partial charge in [-0.15, -0.1) is 0 Å². The van der Waals surface area contributed by atoms with E-state index in [1.807, 2.05) is 0 Å². The zero-order valence-corrected chi connectivity index (χ0v) is 11.3. The monoisotopic (exact) mass is 333 g/mol. The number of nitro benzene ring substituents is 1. The van der Waals surface area contributed by atoms with E-state index in [2.05, 4.69) is 4.98 Å². The van der Waals surface area contributed by atoms with E-state index in [1.165, 1.54) is 0 Å². The van der Waals surface area contributed by atoms with Crippen LogP contribution in [-0.4, -0.2) is 21.6 Å². The molecule has 0 aliphatic heterocycles. The summed E-state index contributed by atoms with van der Waals surface area (Å²) in [7, 11) is 1.08. The highest BCUT2D eigenvalue weighted by molar-refractivity contribution is 5.54. The molecule has 2 rings (SSSR count). The highest BCUT2D eigenvalue weighted by atomic mass is 19.4. The van der Waals surface area contributed by atoms with E-state index >= 15 is 0 Å². The lowest BCUT2D eigenvalue weighted by Crippen LogP contribution is -2.23. The summed E-state index contributed by atoms with van der Waals surface area (Å²) in [5.74, 6) is -1.56. The average molecular weight is 333 g/mol. The Balaban J connectivity index is 2.63. The molecule has 0 amide bonds. The molecule has 2 aromatic rings. The number of rotatable bonds is 3. The average Bonchev–Trinajstić information content (AvgIpc) is 2.46. The van der Waals surface area contributed by atoms with Crippen LogP contribution in [-0.2, 0) is 6.18 Å². The van der Waals surface area contributed by atoms with Gasteiger partial charge in [0.05, 0.1) is 23.8 Å². The van der Waals surface area contributed by atoms with Crippen LogP contribution in [0.2, 0.25) is 0 Å². The van der Waals surface area contributed by atoms with Gasteiger partial charge >= 0.3 is 11.9 Å². The van der Waals surface area contributed by atoms with Crippen LogP contribution in [0.4, 0.5) is 23.2 Å². The van der Waals surface area contributed by atoms with Gasteiger partial charge in [0.2, 0.25) is 0 Å². The Morgan fingerprint density at radius 3 is 2.43 bits per heavy atom. The van der Waals surface area contributed by atoms with Gasteiger partial charge in [-0.2, -0.15) is 13.2 Å². The second kappa shape index (κ2) is 5.66. The van der Waals surface area contributed by atoms with Crippen molar-refractivity contribution in [3.63, 3.8) is 0 Å². The summed E-state index contributed by atoms with van der Waals surface area (Å²) in [6, 6.07) is 1.51. The summed E-state index contributed by atoms with van der Waals surface area (Å²) in [6.07, 6.45) is -4.35. The molecule has 0 N–H and O–H groups in total. The lowest BCUT2D eigenvalue weighted by molar-refractivity contribution is -0.385. The lowest BCUT2D eigenvalue weighted by atomic mass is 10.2. The molecule has 0 aliphatic rings. The molecule has 0 atom stereocenters. The predicted octanol–water partition coefficient (Wildman–Crippen LogP) is 2.31. The summed E-state index contributed by atoms with van der Waals surface area (Å²) in [6.45, 7) is 0. The number of hydrogen-bond donors (Lipinski definition) is 0. The first kappa shape index (κ1) is 16.4. The second-order valence-electron chi connectivity index (χ2n) is 4.21. The zero-order chi connectivity index (χ0) is 17.4. The van der Waals surface area contributed by atoms with E-state index in [0.29, 0.717) is 17.0 Å². The highest BCUT2D eigenvalue weighted by Gasteiger charge is 2.33. The zero-order valence-electron chi connectivity index (χ0n) is 11.3. The quantitative estimate of drug-likeness (QED) is 0.489. The third-order valence-electron chi connectivity index (χ3n) is 2.80. The molecule has 11 heteroatoms. The first-order valence-electron chi connectivity index (χ1n) is 5.83. The molecule has 0 fully saturated rings. The van der Waals surface area contributed by atoms with Crippen LogP contribution in [0.1, 0.15) is 5.69 Å². The standard InChI is InChI=1S/C12H7F4N3O4/c1-23-9-3-7(6(13)2-8(9)19(21)22)18-5-17-10(4-11(18)20)12(14,15)16/h2-5H,1H3. The van der Waals surface area contributed by atoms with Crippen LogP contribution < -0.4 is 10.3 Å². The summed E-state index contributed by atoms with van der Waals surface area (Å²) in [5.41, 5.74) is -3.87. The van der Waals surface area contributed by atoms with Crippen LogP contribution in [0.25, 0.3) is 5.69 Å². The van der Waals surface area contributed by atoms with Crippen LogP contribution in [0, 0.1) is 15.9 Å². The number of nitrogens with zero attached hydrogens (tertiary/aromatic N) is 3. The first-order chi connectivity index (χ1) is 10.6. The Hall–Kier alpha value is -2.98. The molecule has 1 aromatic heterocycles. The topological polar surface area (TPSA) is 87.3 Å². The lowest BCUT2D eigenvalue weighted by Gasteiger charge is -2.10. The van der Waals surface area contributed by atoms with Gasteiger partial charge < -0.3 is 4.74 Å². The van der Waals surface area contributed by atoms with Crippen molar-refractivity contribution >= 4 is 5.69 Å². The fourth-order valence-electron chi connectivity index (χ4n) is 1.76. The molecule has 0 spiro atoms. The second-order valence-corrected chi connectivity index (χ2v) is 4.21. The van der Waals surface area contributed by atoms with Crippen LogP contribution in [0.3, 0.4) is 0 Å². The molecule has 23 heavy (non-hydrogen) atoms. The van der Waals surface area contributed by atoms with E-state index in [4.69, 9.17) is 4.74 Å². The molecule has 0 aliphatic carbocycles. The fourth-order valence-corrected chi connectivity index (χ4v) is 1.76. The minimum atomic E-state index is -4.83. The van der Waals surface area contributed by atoms with Crippen molar-refractivity contribution in [2.24, 2.45) is 0 Å². The molecule has 1 heterocycles. The van der Waals surface area contributed by atoms with Gasteiger partial charge in [0.15, 0.2) is 17.3 Å². The number of halogens is 4. The van der Waals surface area contributed by atoms with E-state index < -0.39 is 39.5 Å². The molecule has 0 unspecified atom stereocenters. The Kier molecular flexibility index (Phi) is 4.04. The van der Waals surface area contributed by atoms with Crippen LogP contribution in [0.15, 0.2) is 29.3 Å². The van der Waals surface area contributed by atoms with E-state index in [9.17, 15) is 32.5 Å². The number of ether oxygens (including phenoxy) is 1. The molecule has 1 aromatic carbocycles. The van der Waals surface area contributed by atoms with Crippen molar-refractivity contribution in [1.82, 2.24) is 9.55 Å². The van der Waals surface area contributed by atoms with Crippen molar-refractivity contribution in [2.45, 2.75) is 6.18 Å². The normalized spacial score (nSPS) is 11.3. The number of methoxy groups -OCH3 is 1.